The summed E-state index contributed by atoms with van der Waals surface area (Å²) in [4.78, 5) is 6.82. The zero-order chi connectivity index (χ0) is 16.4. The van der Waals surface area contributed by atoms with Gasteiger partial charge in [-0.2, -0.15) is 0 Å². The summed E-state index contributed by atoms with van der Waals surface area (Å²) >= 11 is 0. The lowest BCUT2D eigenvalue weighted by Gasteiger charge is -2.37. The fourth-order valence-corrected chi connectivity index (χ4v) is 3.27. The van der Waals surface area contributed by atoms with Gasteiger partial charge in [0.25, 0.3) is 0 Å². The first-order chi connectivity index (χ1) is 11.0. The minimum atomic E-state index is -0.784. The molecule has 0 aliphatic carbocycles. The molecule has 0 aromatic carbocycles. The highest BCUT2D eigenvalue weighted by Gasteiger charge is 2.35. The Balaban J connectivity index is 1.57. The third-order valence-corrected chi connectivity index (χ3v) is 4.93. The van der Waals surface area contributed by atoms with Crippen molar-refractivity contribution in [3.05, 3.63) is 46.6 Å². The van der Waals surface area contributed by atoms with Gasteiger partial charge in [-0.1, -0.05) is 11.2 Å². The molecule has 1 N–H and O–H groups in total. The summed E-state index contributed by atoms with van der Waals surface area (Å²) in [6, 6.07) is 3.97. The number of likely N-dealkylation sites (tertiary alicyclic amines) is 1. The van der Waals surface area contributed by atoms with Crippen LogP contribution in [0, 0.1) is 20.8 Å². The van der Waals surface area contributed by atoms with Gasteiger partial charge in [0, 0.05) is 31.4 Å². The molecule has 1 aliphatic rings. The van der Waals surface area contributed by atoms with Gasteiger partial charge >= 0.3 is 0 Å². The number of piperidine rings is 1. The fraction of sp³-hybridized carbons (Fsp3) is 0.556. The second-order valence-corrected chi connectivity index (χ2v) is 6.65. The van der Waals surface area contributed by atoms with Crippen LogP contribution in [0.5, 0.6) is 0 Å². The normalized spacial score (nSPS) is 18.3. The molecule has 1 aliphatic heterocycles. The molecular weight excluding hydrogens is 290 g/mol. The molecule has 0 saturated carbocycles. The van der Waals surface area contributed by atoms with Gasteiger partial charge in [-0.05, 0) is 51.7 Å². The van der Waals surface area contributed by atoms with Gasteiger partial charge in [-0.3, -0.25) is 4.98 Å². The molecule has 0 atom stereocenters. The molecule has 2 aromatic heterocycles. The second kappa shape index (κ2) is 6.42. The fourth-order valence-electron chi connectivity index (χ4n) is 3.27. The van der Waals surface area contributed by atoms with E-state index in [2.05, 4.69) is 15.0 Å². The third kappa shape index (κ3) is 3.46. The molecule has 0 amide bonds. The highest BCUT2D eigenvalue weighted by atomic mass is 16.5. The second-order valence-electron chi connectivity index (χ2n) is 6.65. The van der Waals surface area contributed by atoms with Gasteiger partial charge in [0.05, 0.1) is 11.4 Å². The van der Waals surface area contributed by atoms with Crippen LogP contribution in [0.2, 0.25) is 0 Å². The van der Waals surface area contributed by atoms with Crippen LogP contribution in [0.4, 0.5) is 0 Å². The molecule has 1 fully saturated rings. The molecule has 2 aromatic rings. The maximum Gasteiger partial charge on any atom is 0.137 e. The van der Waals surface area contributed by atoms with Crippen molar-refractivity contribution >= 4 is 0 Å². The lowest BCUT2D eigenvalue weighted by molar-refractivity contribution is -0.0290. The summed E-state index contributed by atoms with van der Waals surface area (Å²) in [6.45, 7) is 8.71. The van der Waals surface area contributed by atoms with Crippen LogP contribution in [0.1, 0.15) is 41.1 Å². The third-order valence-electron chi connectivity index (χ3n) is 4.93. The van der Waals surface area contributed by atoms with Crippen molar-refractivity contribution in [2.75, 3.05) is 19.6 Å². The van der Waals surface area contributed by atoms with Crippen LogP contribution >= 0.6 is 0 Å². The average Bonchev–Trinajstić information content (AvgIpc) is 2.86. The number of pyridine rings is 1. The minimum Gasteiger partial charge on any atom is -0.383 e. The molecule has 0 unspecified atom stereocenters. The van der Waals surface area contributed by atoms with E-state index in [4.69, 9.17) is 4.52 Å². The molecule has 3 heterocycles. The molecular formula is C18H25N3O2. The zero-order valence-corrected chi connectivity index (χ0v) is 14.2. The Morgan fingerprint density at radius 2 is 1.96 bits per heavy atom. The number of nitrogens with zero attached hydrogens (tertiary/aromatic N) is 3. The van der Waals surface area contributed by atoms with Crippen LogP contribution in [0.25, 0.3) is 0 Å². The first-order valence-corrected chi connectivity index (χ1v) is 8.27. The van der Waals surface area contributed by atoms with Crippen molar-refractivity contribution in [2.24, 2.45) is 0 Å². The number of aliphatic hydroxyl groups is 1. The van der Waals surface area contributed by atoms with Crippen molar-refractivity contribution in [1.82, 2.24) is 15.0 Å². The predicted octanol–water partition coefficient (Wildman–Crippen LogP) is 2.52. The van der Waals surface area contributed by atoms with E-state index in [0.717, 1.165) is 61.6 Å². The topological polar surface area (TPSA) is 62.4 Å². The number of aryl methyl sites for hydroxylation is 3. The lowest BCUT2D eigenvalue weighted by Crippen LogP contribution is -2.43. The molecule has 5 nitrogen and oxygen atoms in total. The quantitative estimate of drug-likeness (QED) is 0.939. The van der Waals surface area contributed by atoms with Crippen molar-refractivity contribution in [2.45, 2.75) is 45.6 Å². The smallest absolute Gasteiger partial charge is 0.137 e. The van der Waals surface area contributed by atoms with Crippen LogP contribution in [-0.2, 0) is 12.0 Å². The Kier molecular flexibility index (Phi) is 4.50. The van der Waals surface area contributed by atoms with Crippen molar-refractivity contribution < 1.29 is 9.63 Å². The Morgan fingerprint density at radius 3 is 2.52 bits per heavy atom. The minimum absolute atomic E-state index is 0.727. The van der Waals surface area contributed by atoms with Crippen LogP contribution in [0.15, 0.2) is 22.9 Å². The number of hydrogen-bond acceptors (Lipinski definition) is 5. The maximum absolute atomic E-state index is 10.9. The Labute approximate surface area is 137 Å². The monoisotopic (exact) mass is 315 g/mol. The van der Waals surface area contributed by atoms with Crippen molar-refractivity contribution in [3.63, 3.8) is 0 Å². The summed E-state index contributed by atoms with van der Waals surface area (Å²) in [5.74, 6) is 0.917. The first kappa shape index (κ1) is 16.1. The van der Waals surface area contributed by atoms with Crippen molar-refractivity contribution in [1.29, 1.82) is 0 Å². The summed E-state index contributed by atoms with van der Waals surface area (Å²) in [5.41, 5.74) is 3.33. The van der Waals surface area contributed by atoms with Crippen LogP contribution in [-0.4, -0.2) is 39.8 Å². The van der Waals surface area contributed by atoms with E-state index >= 15 is 0 Å². The van der Waals surface area contributed by atoms with Crippen molar-refractivity contribution in [3.8, 4) is 0 Å². The lowest BCUT2D eigenvalue weighted by atomic mass is 9.87. The zero-order valence-electron chi connectivity index (χ0n) is 14.2. The van der Waals surface area contributed by atoms with Gasteiger partial charge in [-0.25, -0.2) is 0 Å². The molecule has 0 bridgehead atoms. The number of rotatable bonds is 4. The van der Waals surface area contributed by atoms with E-state index in [-0.39, 0.29) is 0 Å². The number of hydrogen-bond donors (Lipinski definition) is 1. The van der Waals surface area contributed by atoms with E-state index < -0.39 is 5.60 Å². The average molecular weight is 315 g/mol. The molecule has 1 saturated heterocycles. The SMILES string of the molecule is Cc1ccc(C2(O)CCN(CCc3c(C)noc3C)CC2)nc1. The largest absolute Gasteiger partial charge is 0.383 e. The van der Waals surface area contributed by atoms with Gasteiger partial charge in [-0.15, -0.1) is 0 Å². The van der Waals surface area contributed by atoms with Gasteiger partial charge < -0.3 is 14.5 Å². The summed E-state index contributed by atoms with van der Waals surface area (Å²) in [5, 5.41) is 14.9. The van der Waals surface area contributed by atoms with Crippen LogP contribution in [0.3, 0.4) is 0 Å². The molecule has 5 heteroatoms. The molecule has 124 valence electrons. The molecule has 23 heavy (non-hydrogen) atoms. The Morgan fingerprint density at radius 1 is 1.22 bits per heavy atom. The maximum atomic E-state index is 10.9. The van der Waals surface area contributed by atoms with E-state index in [1.165, 1.54) is 5.56 Å². The Hall–Kier alpha value is -1.72. The molecule has 0 radical (unpaired) electrons. The predicted molar refractivity (Wildman–Crippen MR) is 88.2 cm³/mol. The highest BCUT2D eigenvalue weighted by Crippen LogP contribution is 2.31. The number of aromatic nitrogens is 2. The highest BCUT2D eigenvalue weighted by molar-refractivity contribution is 5.21. The van der Waals surface area contributed by atoms with Gasteiger partial charge in [0.1, 0.15) is 11.4 Å². The molecule has 3 rings (SSSR count). The first-order valence-electron chi connectivity index (χ1n) is 8.27. The summed E-state index contributed by atoms with van der Waals surface area (Å²) in [7, 11) is 0. The standard InChI is InChI=1S/C18H25N3O2/c1-13-4-5-17(19-12-13)18(22)7-10-21(11-8-18)9-6-16-14(2)20-23-15(16)3/h4-5,12,22H,6-11H2,1-3H3. The summed E-state index contributed by atoms with van der Waals surface area (Å²) in [6.07, 6.45) is 4.23. The summed E-state index contributed by atoms with van der Waals surface area (Å²) < 4.78 is 5.22. The van der Waals surface area contributed by atoms with Crippen LogP contribution < -0.4 is 0 Å². The van der Waals surface area contributed by atoms with E-state index in [9.17, 15) is 5.11 Å². The van der Waals surface area contributed by atoms with E-state index in [1.54, 1.807) is 0 Å². The van der Waals surface area contributed by atoms with Gasteiger partial charge in [0.15, 0.2) is 0 Å². The van der Waals surface area contributed by atoms with E-state index in [1.807, 2.05) is 39.1 Å². The molecule has 0 spiro atoms. The van der Waals surface area contributed by atoms with E-state index in [0.29, 0.717) is 0 Å². The Bertz CT molecular complexity index is 636. The van der Waals surface area contributed by atoms with Gasteiger partial charge in [0.2, 0.25) is 0 Å².